The van der Waals surface area contributed by atoms with E-state index in [2.05, 4.69) is 5.32 Å². The second-order valence-corrected chi connectivity index (χ2v) is 6.90. The molecule has 1 aromatic rings. The van der Waals surface area contributed by atoms with E-state index < -0.39 is 0 Å². The lowest BCUT2D eigenvalue weighted by Gasteiger charge is -2.32. The first-order valence-electron chi connectivity index (χ1n) is 7.80. The maximum atomic E-state index is 12.6. The molecule has 0 bridgehead atoms. The first-order chi connectivity index (χ1) is 11.5. The number of nitrogens with zero attached hydrogens (tertiary/aromatic N) is 1. The van der Waals surface area contributed by atoms with E-state index in [1.54, 1.807) is 4.90 Å². The second-order valence-electron chi connectivity index (χ2n) is 5.59. The van der Waals surface area contributed by atoms with Gasteiger partial charge >= 0.3 is 5.97 Å². The third-order valence-corrected chi connectivity index (χ3v) is 5.00. The number of amides is 2. The third kappa shape index (κ3) is 4.99. The van der Waals surface area contributed by atoms with Crippen molar-refractivity contribution in [2.24, 2.45) is 0 Å². The SMILES string of the molecule is COC(=O)[C@H]1CN(C(=O)C[C@@H](NC(C)=O)c2ccccc2)CCS1. The highest BCUT2D eigenvalue weighted by Gasteiger charge is 2.30. The Labute approximate surface area is 145 Å². The van der Waals surface area contributed by atoms with Crippen molar-refractivity contribution < 1.29 is 19.1 Å². The summed E-state index contributed by atoms with van der Waals surface area (Å²) in [6, 6.07) is 9.04. The lowest BCUT2D eigenvalue weighted by molar-refractivity contribution is -0.141. The number of nitrogens with one attached hydrogen (secondary N) is 1. The van der Waals surface area contributed by atoms with E-state index >= 15 is 0 Å². The molecule has 1 heterocycles. The number of methoxy groups -OCH3 is 1. The van der Waals surface area contributed by atoms with Crippen LogP contribution in [0.2, 0.25) is 0 Å². The highest BCUT2D eigenvalue weighted by molar-refractivity contribution is 8.00. The van der Waals surface area contributed by atoms with Gasteiger partial charge in [-0.05, 0) is 5.56 Å². The van der Waals surface area contributed by atoms with Crippen molar-refractivity contribution in [1.29, 1.82) is 0 Å². The van der Waals surface area contributed by atoms with Crippen LogP contribution in [0.3, 0.4) is 0 Å². The molecule has 0 unspecified atom stereocenters. The largest absolute Gasteiger partial charge is 0.468 e. The molecule has 1 fully saturated rings. The average molecular weight is 350 g/mol. The van der Waals surface area contributed by atoms with Gasteiger partial charge in [-0.3, -0.25) is 14.4 Å². The molecule has 2 atom stereocenters. The van der Waals surface area contributed by atoms with Crippen LogP contribution in [0.1, 0.15) is 24.9 Å². The number of thioether (sulfide) groups is 1. The zero-order valence-electron chi connectivity index (χ0n) is 13.9. The van der Waals surface area contributed by atoms with Crippen LogP contribution in [-0.4, -0.2) is 53.9 Å². The summed E-state index contributed by atoms with van der Waals surface area (Å²) in [5.41, 5.74) is 0.886. The number of benzene rings is 1. The molecule has 0 aromatic heterocycles. The monoisotopic (exact) mass is 350 g/mol. The molecule has 1 aromatic carbocycles. The molecule has 1 N–H and O–H groups in total. The van der Waals surface area contributed by atoms with Gasteiger partial charge in [-0.1, -0.05) is 30.3 Å². The van der Waals surface area contributed by atoms with Crippen LogP contribution < -0.4 is 5.32 Å². The van der Waals surface area contributed by atoms with Gasteiger partial charge in [-0.2, -0.15) is 0 Å². The van der Waals surface area contributed by atoms with E-state index in [4.69, 9.17) is 4.74 Å². The molecule has 24 heavy (non-hydrogen) atoms. The van der Waals surface area contributed by atoms with E-state index in [1.807, 2.05) is 30.3 Å². The van der Waals surface area contributed by atoms with Gasteiger partial charge in [0, 0.05) is 25.8 Å². The van der Waals surface area contributed by atoms with E-state index in [0.717, 1.165) is 5.56 Å². The van der Waals surface area contributed by atoms with Crippen LogP contribution in [-0.2, 0) is 19.1 Å². The summed E-state index contributed by atoms with van der Waals surface area (Å²) in [6.07, 6.45) is 0.169. The van der Waals surface area contributed by atoms with Gasteiger partial charge in [0.2, 0.25) is 11.8 Å². The smallest absolute Gasteiger partial charge is 0.320 e. The van der Waals surface area contributed by atoms with Crippen LogP contribution >= 0.6 is 11.8 Å². The third-order valence-electron chi connectivity index (χ3n) is 3.84. The van der Waals surface area contributed by atoms with E-state index in [1.165, 1.54) is 25.8 Å². The van der Waals surface area contributed by atoms with Crippen LogP contribution in [0.15, 0.2) is 30.3 Å². The number of ether oxygens (including phenoxy) is 1. The quantitative estimate of drug-likeness (QED) is 0.812. The molecule has 1 saturated heterocycles. The summed E-state index contributed by atoms with van der Waals surface area (Å²) >= 11 is 1.50. The molecular weight excluding hydrogens is 328 g/mol. The van der Waals surface area contributed by atoms with Gasteiger partial charge in [-0.25, -0.2) is 0 Å². The number of hydrogen-bond acceptors (Lipinski definition) is 5. The van der Waals surface area contributed by atoms with Crippen LogP contribution in [0.5, 0.6) is 0 Å². The molecule has 6 nitrogen and oxygen atoms in total. The van der Waals surface area contributed by atoms with Gasteiger partial charge in [-0.15, -0.1) is 11.8 Å². The Balaban J connectivity index is 2.04. The Morgan fingerprint density at radius 1 is 1.33 bits per heavy atom. The minimum absolute atomic E-state index is 0.0770. The zero-order chi connectivity index (χ0) is 17.5. The van der Waals surface area contributed by atoms with Crippen molar-refractivity contribution in [3.05, 3.63) is 35.9 Å². The van der Waals surface area contributed by atoms with Crippen molar-refractivity contribution >= 4 is 29.5 Å². The fourth-order valence-electron chi connectivity index (χ4n) is 2.64. The van der Waals surface area contributed by atoms with Gasteiger partial charge in [0.15, 0.2) is 0 Å². The maximum Gasteiger partial charge on any atom is 0.320 e. The van der Waals surface area contributed by atoms with Crippen molar-refractivity contribution in [1.82, 2.24) is 10.2 Å². The minimum Gasteiger partial charge on any atom is -0.468 e. The van der Waals surface area contributed by atoms with Gasteiger partial charge < -0.3 is 15.0 Å². The van der Waals surface area contributed by atoms with Crippen molar-refractivity contribution in [2.75, 3.05) is 26.0 Å². The van der Waals surface area contributed by atoms with Crippen molar-refractivity contribution in [3.8, 4) is 0 Å². The molecule has 7 heteroatoms. The zero-order valence-corrected chi connectivity index (χ0v) is 14.7. The standard InChI is InChI=1S/C17H22N2O4S/c1-12(20)18-14(13-6-4-3-5-7-13)10-16(21)19-8-9-24-15(11-19)17(22)23-2/h3-7,14-15H,8-11H2,1-2H3,(H,18,20)/t14-,15-/m1/s1. The topological polar surface area (TPSA) is 75.7 Å². The summed E-state index contributed by atoms with van der Waals surface area (Å²) in [6.45, 7) is 2.38. The summed E-state index contributed by atoms with van der Waals surface area (Å²) in [4.78, 5) is 37.5. The number of carbonyl (C=O) groups excluding carboxylic acids is 3. The van der Waals surface area contributed by atoms with Gasteiger partial charge in [0.05, 0.1) is 19.6 Å². The Morgan fingerprint density at radius 3 is 2.67 bits per heavy atom. The normalized spacial score (nSPS) is 18.6. The Morgan fingerprint density at radius 2 is 2.04 bits per heavy atom. The van der Waals surface area contributed by atoms with Crippen LogP contribution in [0, 0.1) is 0 Å². The van der Waals surface area contributed by atoms with Crippen molar-refractivity contribution in [2.45, 2.75) is 24.6 Å². The molecule has 2 amide bonds. The van der Waals surface area contributed by atoms with Gasteiger partial charge in [0.25, 0.3) is 0 Å². The molecule has 0 saturated carbocycles. The number of hydrogen-bond donors (Lipinski definition) is 1. The van der Waals surface area contributed by atoms with Crippen LogP contribution in [0.25, 0.3) is 0 Å². The summed E-state index contributed by atoms with van der Waals surface area (Å²) in [5.74, 6) is 0.130. The first kappa shape index (κ1) is 18.3. The number of rotatable bonds is 5. The lowest BCUT2D eigenvalue weighted by Crippen LogP contribution is -2.46. The Kier molecular flexibility index (Phi) is 6.66. The summed E-state index contributed by atoms with van der Waals surface area (Å²) in [5, 5.41) is 2.48. The highest BCUT2D eigenvalue weighted by Crippen LogP contribution is 2.23. The van der Waals surface area contributed by atoms with Crippen LogP contribution in [0.4, 0.5) is 0 Å². The number of carbonyl (C=O) groups is 3. The molecule has 130 valence electrons. The first-order valence-corrected chi connectivity index (χ1v) is 8.85. The molecule has 0 radical (unpaired) electrons. The molecule has 0 spiro atoms. The van der Waals surface area contributed by atoms with Gasteiger partial charge in [0.1, 0.15) is 5.25 Å². The fraction of sp³-hybridized carbons (Fsp3) is 0.471. The van der Waals surface area contributed by atoms with E-state index in [-0.39, 0.29) is 35.5 Å². The van der Waals surface area contributed by atoms with Crippen molar-refractivity contribution in [3.63, 3.8) is 0 Å². The Hall–Kier alpha value is -2.02. The van der Waals surface area contributed by atoms with E-state index in [9.17, 15) is 14.4 Å². The van der Waals surface area contributed by atoms with E-state index in [0.29, 0.717) is 18.8 Å². The highest BCUT2D eigenvalue weighted by atomic mass is 32.2. The molecule has 1 aliphatic rings. The molecule has 1 aliphatic heterocycles. The maximum absolute atomic E-state index is 12.6. The minimum atomic E-state index is -0.373. The average Bonchev–Trinajstić information content (AvgIpc) is 2.61. The predicted molar refractivity (Wildman–Crippen MR) is 92.5 cm³/mol. The molecule has 0 aliphatic carbocycles. The fourth-order valence-corrected chi connectivity index (χ4v) is 3.76. The summed E-state index contributed by atoms with van der Waals surface area (Å²) < 4.78 is 4.77. The predicted octanol–water partition coefficient (Wildman–Crippen LogP) is 1.37. The number of esters is 1. The Bertz CT molecular complexity index is 594. The lowest BCUT2D eigenvalue weighted by atomic mass is 10.0. The molecular formula is C17H22N2O4S. The summed E-state index contributed by atoms with van der Waals surface area (Å²) in [7, 11) is 1.35. The second kappa shape index (κ2) is 8.73. The molecule has 2 rings (SSSR count).